The molecule has 0 aliphatic rings. The molecule has 1 heterocycles. The fourth-order valence-corrected chi connectivity index (χ4v) is 1.52. The van der Waals surface area contributed by atoms with E-state index in [1.165, 1.54) is 24.4 Å². The van der Waals surface area contributed by atoms with Crippen LogP contribution in [0, 0.1) is 0 Å². The molecule has 0 aliphatic heterocycles. The van der Waals surface area contributed by atoms with Crippen molar-refractivity contribution in [3.8, 4) is 11.3 Å². The minimum Gasteiger partial charge on any atom is -0.321 e. The topological polar surface area (TPSA) is 57.8 Å². The number of carbonyl (C=O) groups is 1. The van der Waals surface area contributed by atoms with Gasteiger partial charge in [-0.15, -0.1) is 0 Å². The summed E-state index contributed by atoms with van der Waals surface area (Å²) in [6, 6.07) is 7.00. The SMILES string of the molecule is O=C(Nc1cccc(-c2ccn[nH]2)c1)C(F)(F)C(F)(F)F. The first kappa shape index (κ1) is 14.9. The van der Waals surface area contributed by atoms with Gasteiger partial charge in [0.05, 0.1) is 5.69 Å². The fourth-order valence-electron chi connectivity index (χ4n) is 1.52. The number of anilines is 1. The number of carbonyl (C=O) groups excluding carboxylic acids is 1. The molecule has 2 N–H and O–H groups in total. The van der Waals surface area contributed by atoms with E-state index in [0.29, 0.717) is 11.3 Å². The van der Waals surface area contributed by atoms with Crippen LogP contribution in [-0.2, 0) is 4.79 Å². The number of hydrogen-bond acceptors (Lipinski definition) is 2. The summed E-state index contributed by atoms with van der Waals surface area (Å²) in [5.41, 5.74) is 0.810. The van der Waals surface area contributed by atoms with Gasteiger partial charge in [0.15, 0.2) is 0 Å². The Kier molecular flexibility index (Phi) is 3.67. The highest BCUT2D eigenvalue weighted by molar-refractivity contribution is 5.97. The Morgan fingerprint density at radius 2 is 1.86 bits per heavy atom. The van der Waals surface area contributed by atoms with Crippen molar-refractivity contribution in [2.75, 3.05) is 5.32 Å². The van der Waals surface area contributed by atoms with Crippen LogP contribution in [0.3, 0.4) is 0 Å². The molecule has 9 heteroatoms. The first-order valence-corrected chi connectivity index (χ1v) is 5.57. The standard InChI is InChI=1S/C12H8F5N3O/c13-11(14,12(15,16)17)10(21)19-8-3-1-2-7(6-8)9-4-5-18-20-9/h1-6H,(H,18,20)(H,19,21). The second-order valence-corrected chi connectivity index (χ2v) is 4.08. The van der Waals surface area contributed by atoms with Crippen LogP contribution in [0.15, 0.2) is 36.5 Å². The van der Waals surface area contributed by atoms with Gasteiger partial charge in [-0.2, -0.15) is 27.1 Å². The number of hydrogen-bond donors (Lipinski definition) is 2. The molecular formula is C12H8F5N3O. The predicted molar refractivity (Wildman–Crippen MR) is 63.7 cm³/mol. The summed E-state index contributed by atoms with van der Waals surface area (Å²) in [6.07, 6.45) is -4.50. The molecule has 1 aromatic heterocycles. The summed E-state index contributed by atoms with van der Waals surface area (Å²) >= 11 is 0. The second kappa shape index (κ2) is 5.15. The van der Waals surface area contributed by atoms with Crippen LogP contribution < -0.4 is 5.32 Å². The molecule has 0 atom stereocenters. The zero-order valence-electron chi connectivity index (χ0n) is 10.2. The Balaban J connectivity index is 2.21. The smallest absolute Gasteiger partial charge is 0.321 e. The lowest BCUT2D eigenvalue weighted by atomic mass is 10.1. The Bertz CT molecular complexity index is 637. The predicted octanol–water partition coefficient (Wildman–Crippen LogP) is 3.21. The van der Waals surface area contributed by atoms with Crippen molar-refractivity contribution in [3.05, 3.63) is 36.5 Å². The molecule has 0 saturated heterocycles. The zero-order chi connectivity index (χ0) is 15.7. The molecule has 1 amide bonds. The van der Waals surface area contributed by atoms with E-state index in [2.05, 4.69) is 10.2 Å². The molecule has 0 aliphatic carbocycles. The molecule has 2 aromatic rings. The maximum atomic E-state index is 12.8. The highest BCUT2D eigenvalue weighted by Crippen LogP contribution is 2.36. The Labute approximate surface area is 115 Å². The number of alkyl halides is 5. The summed E-state index contributed by atoms with van der Waals surface area (Å²) in [4.78, 5) is 11.1. The third-order valence-corrected chi connectivity index (χ3v) is 2.57. The summed E-state index contributed by atoms with van der Waals surface area (Å²) in [7, 11) is 0. The van der Waals surface area contributed by atoms with Crippen LogP contribution in [0.1, 0.15) is 0 Å². The van der Waals surface area contributed by atoms with Gasteiger partial charge in [-0.3, -0.25) is 9.89 Å². The molecule has 0 fully saturated rings. The maximum absolute atomic E-state index is 12.8. The average Bonchev–Trinajstić information content (AvgIpc) is 2.91. The van der Waals surface area contributed by atoms with Crippen LogP contribution in [0.25, 0.3) is 11.3 Å². The van der Waals surface area contributed by atoms with Gasteiger partial charge < -0.3 is 5.32 Å². The summed E-state index contributed by atoms with van der Waals surface area (Å²) in [5, 5.41) is 7.83. The monoisotopic (exact) mass is 305 g/mol. The van der Waals surface area contributed by atoms with Gasteiger partial charge in [0, 0.05) is 17.4 Å². The highest BCUT2D eigenvalue weighted by atomic mass is 19.4. The number of benzene rings is 1. The van der Waals surface area contributed by atoms with Crippen molar-refractivity contribution in [2.45, 2.75) is 12.1 Å². The largest absolute Gasteiger partial charge is 0.463 e. The highest BCUT2D eigenvalue weighted by Gasteiger charge is 2.63. The van der Waals surface area contributed by atoms with Crippen LogP contribution in [-0.4, -0.2) is 28.2 Å². The normalized spacial score (nSPS) is 12.2. The van der Waals surface area contributed by atoms with E-state index < -0.39 is 18.0 Å². The summed E-state index contributed by atoms with van der Waals surface area (Å²) in [5.74, 6) is -7.89. The Hall–Kier alpha value is -2.45. The lowest BCUT2D eigenvalue weighted by Crippen LogP contribution is -2.47. The van der Waals surface area contributed by atoms with Gasteiger partial charge in [0.2, 0.25) is 0 Å². The molecule has 2 rings (SSSR count). The van der Waals surface area contributed by atoms with Gasteiger partial charge in [0.25, 0.3) is 0 Å². The molecule has 0 radical (unpaired) electrons. The van der Waals surface area contributed by atoms with Gasteiger partial charge in [-0.1, -0.05) is 12.1 Å². The van der Waals surface area contributed by atoms with Crippen LogP contribution >= 0.6 is 0 Å². The van der Waals surface area contributed by atoms with Crippen molar-refractivity contribution >= 4 is 11.6 Å². The Morgan fingerprint density at radius 1 is 1.14 bits per heavy atom. The number of halogens is 5. The molecule has 0 spiro atoms. The van der Waals surface area contributed by atoms with E-state index in [0.717, 1.165) is 0 Å². The quantitative estimate of drug-likeness (QED) is 0.856. The fraction of sp³-hybridized carbons (Fsp3) is 0.167. The van der Waals surface area contributed by atoms with Gasteiger partial charge in [0.1, 0.15) is 0 Å². The third-order valence-electron chi connectivity index (χ3n) is 2.57. The van der Waals surface area contributed by atoms with E-state index >= 15 is 0 Å². The summed E-state index contributed by atoms with van der Waals surface area (Å²) < 4.78 is 61.9. The molecule has 1 aromatic carbocycles. The van der Waals surface area contributed by atoms with Crippen LogP contribution in [0.5, 0.6) is 0 Å². The molecule has 0 unspecified atom stereocenters. The minimum absolute atomic E-state index is 0.184. The lowest BCUT2D eigenvalue weighted by Gasteiger charge is -2.18. The van der Waals surface area contributed by atoms with Crippen molar-refractivity contribution in [3.63, 3.8) is 0 Å². The van der Waals surface area contributed by atoms with Gasteiger partial charge in [-0.25, -0.2) is 0 Å². The molecular weight excluding hydrogens is 297 g/mol. The summed E-state index contributed by atoms with van der Waals surface area (Å²) in [6.45, 7) is 0. The minimum atomic E-state index is -5.95. The maximum Gasteiger partial charge on any atom is 0.463 e. The van der Waals surface area contributed by atoms with Crippen molar-refractivity contribution in [1.29, 1.82) is 0 Å². The van der Waals surface area contributed by atoms with E-state index in [1.54, 1.807) is 17.4 Å². The lowest BCUT2D eigenvalue weighted by molar-refractivity contribution is -0.267. The molecule has 0 saturated carbocycles. The number of aromatic nitrogens is 2. The first-order chi connectivity index (χ1) is 9.72. The Morgan fingerprint density at radius 3 is 2.43 bits per heavy atom. The van der Waals surface area contributed by atoms with Crippen molar-refractivity contribution < 1.29 is 26.7 Å². The van der Waals surface area contributed by atoms with E-state index in [9.17, 15) is 26.7 Å². The van der Waals surface area contributed by atoms with Gasteiger partial charge >= 0.3 is 18.0 Å². The second-order valence-electron chi connectivity index (χ2n) is 4.08. The van der Waals surface area contributed by atoms with E-state index in [1.807, 2.05) is 0 Å². The molecule has 0 bridgehead atoms. The molecule has 112 valence electrons. The molecule has 21 heavy (non-hydrogen) atoms. The van der Waals surface area contributed by atoms with E-state index in [-0.39, 0.29) is 5.69 Å². The average molecular weight is 305 g/mol. The number of aromatic amines is 1. The number of rotatable bonds is 3. The number of nitrogens with zero attached hydrogens (tertiary/aromatic N) is 1. The zero-order valence-corrected chi connectivity index (χ0v) is 10.2. The van der Waals surface area contributed by atoms with Crippen molar-refractivity contribution in [2.24, 2.45) is 0 Å². The van der Waals surface area contributed by atoms with Gasteiger partial charge in [-0.05, 0) is 18.2 Å². The van der Waals surface area contributed by atoms with Crippen LogP contribution in [0.2, 0.25) is 0 Å². The molecule has 4 nitrogen and oxygen atoms in total. The first-order valence-electron chi connectivity index (χ1n) is 5.57. The van der Waals surface area contributed by atoms with E-state index in [4.69, 9.17) is 0 Å². The number of nitrogens with one attached hydrogen (secondary N) is 2. The third kappa shape index (κ3) is 3.01. The number of H-pyrrole nitrogens is 1. The van der Waals surface area contributed by atoms with Crippen LogP contribution in [0.4, 0.5) is 27.6 Å². The van der Waals surface area contributed by atoms with Crippen molar-refractivity contribution in [1.82, 2.24) is 10.2 Å². The number of amides is 1.